The first-order valence-electron chi connectivity index (χ1n) is 6.08. The summed E-state index contributed by atoms with van der Waals surface area (Å²) in [5.74, 6) is -0.250. The Bertz CT molecular complexity index is 763. The van der Waals surface area contributed by atoms with Gasteiger partial charge in [-0.1, -0.05) is 47.7 Å². The first kappa shape index (κ1) is 12.6. The molecule has 0 radical (unpaired) electrons. The van der Waals surface area contributed by atoms with Crippen LogP contribution in [0, 0.1) is 0 Å². The molecule has 100 valence electrons. The Labute approximate surface area is 119 Å². The van der Waals surface area contributed by atoms with Crippen molar-refractivity contribution in [1.29, 1.82) is 0 Å². The first-order valence-corrected chi connectivity index (χ1v) is 6.90. The molecule has 0 aliphatic carbocycles. The molecule has 3 rings (SSSR count). The van der Waals surface area contributed by atoms with E-state index in [1.165, 1.54) is 11.3 Å². The van der Waals surface area contributed by atoms with E-state index in [1.54, 1.807) is 7.05 Å². The van der Waals surface area contributed by atoms with Crippen LogP contribution in [0.1, 0.15) is 9.80 Å². The van der Waals surface area contributed by atoms with Crippen LogP contribution in [0.3, 0.4) is 0 Å². The molecule has 2 N–H and O–H groups in total. The van der Waals surface area contributed by atoms with E-state index in [9.17, 15) is 4.79 Å². The summed E-state index contributed by atoms with van der Waals surface area (Å²) in [5.41, 5.74) is 0.773. The van der Waals surface area contributed by atoms with Gasteiger partial charge in [0, 0.05) is 18.1 Å². The van der Waals surface area contributed by atoms with E-state index < -0.39 is 0 Å². The van der Waals surface area contributed by atoms with Gasteiger partial charge in [0.1, 0.15) is 0 Å². The number of anilines is 2. The average molecular weight is 284 g/mol. The normalized spacial score (nSPS) is 10.4. The summed E-state index contributed by atoms with van der Waals surface area (Å²) in [7, 11) is 1.74. The van der Waals surface area contributed by atoms with Crippen molar-refractivity contribution in [3.05, 3.63) is 47.5 Å². The lowest BCUT2D eigenvalue weighted by Gasteiger charge is -2.06. The average Bonchev–Trinajstić information content (AvgIpc) is 2.97. The number of amides is 1. The van der Waals surface area contributed by atoms with Gasteiger partial charge in [0.05, 0.1) is 0 Å². The number of fused-ring (bicyclic) bond motifs is 1. The molecule has 1 aromatic heterocycles. The molecule has 0 aliphatic rings. The fraction of sp³-hybridized carbons (Fsp3) is 0.0714. The van der Waals surface area contributed by atoms with Crippen LogP contribution in [0.5, 0.6) is 0 Å². The topological polar surface area (TPSA) is 66.9 Å². The monoisotopic (exact) mass is 284 g/mol. The third-order valence-corrected chi connectivity index (χ3v) is 3.81. The maximum atomic E-state index is 12.2. The lowest BCUT2D eigenvalue weighted by atomic mass is 10.1. The number of carbonyl (C=O) groups is 1. The van der Waals surface area contributed by atoms with E-state index in [4.69, 9.17) is 0 Å². The molecule has 2 aromatic carbocycles. The van der Waals surface area contributed by atoms with Crippen molar-refractivity contribution in [2.45, 2.75) is 0 Å². The molecule has 0 bridgehead atoms. The van der Waals surface area contributed by atoms with Crippen LogP contribution in [0.25, 0.3) is 10.8 Å². The van der Waals surface area contributed by atoms with Crippen LogP contribution in [0.4, 0.5) is 10.8 Å². The van der Waals surface area contributed by atoms with Crippen LogP contribution in [0.2, 0.25) is 0 Å². The summed E-state index contributed by atoms with van der Waals surface area (Å²) < 4.78 is 0. The number of nitrogens with zero attached hydrogens (tertiary/aromatic N) is 2. The maximum Gasteiger partial charge on any atom is 0.286 e. The van der Waals surface area contributed by atoms with Gasteiger partial charge >= 0.3 is 0 Å². The lowest BCUT2D eigenvalue weighted by Crippen LogP contribution is -2.11. The lowest BCUT2D eigenvalue weighted by molar-refractivity contribution is 0.102. The zero-order valence-electron chi connectivity index (χ0n) is 10.8. The second-order valence-electron chi connectivity index (χ2n) is 4.14. The second-order valence-corrected chi connectivity index (χ2v) is 5.12. The summed E-state index contributed by atoms with van der Waals surface area (Å²) in [6, 6.07) is 13.7. The van der Waals surface area contributed by atoms with E-state index >= 15 is 0 Å². The molecular formula is C14H12N4OS. The second kappa shape index (κ2) is 5.26. The molecule has 0 aliphatic heterocycles. The Balaban J connectivity index is 1.91. The smallest absolute Gasteiger partial charge is 0.286 e. The number of nitrogens with one attached hydrogen (secondary N) is 2. The molecule has 1 heterocycles. The van der Waals surface area contributed by atoms with E-state index in [2.05, 4.69) is 20.8 Å². The quantitative estimate of drug-likeness (QED) is 0.776. The molecule has 5 nitrogen and oxygen atoms in total. The molecule has 0 saturated heterocycles. The van der Waals surface area contributed by atoms with Gasteiger partial charge in [0.15, 0.2) is 0 Å². The molecule has 1 amide bonds. The van der Waals surface area contributed by atoms with E-state index in [0.717, 1.165) is 16.5 Å². The summed E-state index contributed by atoms with van der Waals surface area (Å²) >= 11 is 1.22. The zero-order valence-corrected chi connectivity index (χ0v) is 11.6. The first-order chi connectivity index (χ1) is 9.78. The van der Waals surface area contributed by atoms with Gasteiger partial charge in [-0.05, 0) is 11.5 Å². The van der Waals surface area contributed by atoms with Crippen molar-refractivity contribution < 1.29 is 4.79 Å². The molecule has 6 heteroatoms. The van der Waals surface area contributed by atoms with Crippen LogP contribution in [-0.2, 0) is 0 Å². The number of carbonyl (C=O) groups excluding carboxylic acids is 1. The highest BCUT2D eigenvalue weighted by Gasteiger charge is 2.13. The highest BCUT2D eigenvalue weighted by Crippen LogP contribution is 2.24. The number of hydrogen-bond acceptors (Lipinski definition) is 5. The van der Waals surface area contributed by atoms with Crippen molar-refractivity contribution in [3.8, 4) is 0 Å². The van der Waals surface area contributed by atoms with Crippen molar-refractivity contribution in [2.24, 2.45) is 0 Å². The summed E-state index contributed by atoms with van der Waals surface area (Å²) in [4.78, 5) is 12.2. The predicted octanol–water partition coefficient (Wildman–Crippen LogP) is 2.99. The third kappa shape index (κ3) is 2.33. The Morgan fingerprint density at radius 2 is 1.90 bits per heavy atom. The zero-order chi connectivity index (χ0) is 13.9. The van der Waals surface area contributed by atoms with Crippen molar-refractivity contribution >= 4 is 38.8 Å². The van der Waals surface area contributed by atoms with Gasteiger partial charge in [-0.25, -0.2) is 0 Å². The molecule has 3 aromatic rings. The number of aromatic nitrogens is 2. The van der Waals surface area contributed by atoms with Gasteiger partial charge in [0.25, 0.3) is 5.91 Å². The summed E-state index contributed by atoms with van der Waals surface area (Å²) in [6.07, 6.45) is 0. The Morgan fingerprint density at radius 3 is 2.70 bits per heavy atom. The van der Waals surface area contributed by atoms with Gasteiger partial charge in [-0.2, -0.15) is 0 Å². The van der Waals surface area contributed by atoms with Gasteiger partial charge in [0.2, 0.25) is 10.1 Å². The maximum absolute atomic E-state index is 12.2. The number of rotatable bonds is 3. The van der Waals surface area contributed by atoms with Crippen molar-refractivity contribution in [2.75, 3.05) is 17.7 Å². The Kier molecular flexibility index (Phi) is 3.30. The fourth-order valence-corrected chi connectivity index (χ4v) is 2.52. The van der Waals surface area contributed by atoms with E-state index in [-0.39, 0.29) is 5.91 Å². The molecule has 0 saturated carbocycles. The third-order valence-electron chi connectivity index (χ3n) is 2.87. The Morgan fingerprint density at radius 1 is 1.10 bits per heavy atom. The molecular weight excluding hydrogens is 272 g/mol. The highest BCUT2D eigenvalue weighted by atomic mass is 32.1. The minimum atomic E-state index is -0.250. The Hall–Kier alpha value is -2.47. The molecule has 0 atom stereocenters. The number of hydrogen-bond donors (Lipinski definition) is 2. The SMILES string of the molecule is CNc1nnc(C(=O)Nc2cccc3ccccc23)s1. The van der Waals surface area contributed by atoms with E-state index in [0.29, 0.717) is 10.1 Å². The van der Waals surface area contributed by atoms with Crippen LogP contribution < -0.4 is 10.6 Å². The van der Waals surface area contributed by atoms with Crippen molar-refractivity contribution in [3.63, 3.8) is 0 Å². The molecule has 0 fully saturated rings. The predicted molar refractivity (Wildman–Crippen MR) is 81.4 cm³/mol. The molecule has 0 unspecified atom stereocenters. The minimum absolute atomic E-state index is 0.250. The molecule has 20 heavy (non-hydrogen) atoms. The standard InChI is InChI=1S/C14H12N4OS/c1-15-14-18-17-13(20-14)12(19)16-11-8-4-6-9-5-2-3-7-10(9)11/h2-8H,1H3,(H,15,18)(H,16,19). The number of benzene rings is 2. The van der Waals surface area contributed by atoms with Crippen LogP contribution >= 0.6 is 11.3 Å². The van der Waals surface area contributed by atoms with Crippen LogP contribution in [-0.4, -0.2) is 23.2 Å². The largest absolute Gasteiger partial charge is 0.363 e. The van der Waals surface area contributed by atoms with Gasteiger partial charge in [-0.15, -0.1) is 10.2 Å². The molecule has 0 spiro atoms. The van der Waals surface area contributed by atoms with Gasteiger partial charge < -0.3 is 10.6 Å². The van der Waals surface area contributed by atoms with E-state index in [1.807, 2.05) is 42.5 Å². The van der Waals surface area contributed by atoms with Gasteiger partial charge in [-0.3, -0.25) is 4.79 Å². The van der Waals surface area contributed by atoms with Crippen LogP contribution in [0.15, 0.2) is 42.5 Å². The highest BCUT2D eigenvalue weighted by molar-refractivity contribution is 7.17. The summed E-state index contributed by atoms with van der Waals surface area (Å²) in [5, 5.41) is 16.5. The van der Waals surface area contributed by atoms with Crippen molar-refractivity contribution in [1.82, 2.24) is 10.2 Å². The summed E-state index contributed by atoms with van der Waals surface area (Å²) in [6.45, 7) is 0. The minimum Gasteiger partial charge on any atom is -0.363 e. The fourth-order valence-electron chi connectivity index (χ4n) is 1.93.